The molecule has 0 aliphatic carbocycles. The molecule has 0 saturated heterocycles. The summed E-state index contributed by atoms with van der Waals surface area (Å²) in [4.78, 5) is 27.5. The van der Waals surface area contributed by atoms with E-state index >= 15 is 0 Å². The molecule has 0 spiro atoms. The van der Waals surface area contributed by atoms with Crippen LogP contribution in [0.3, 0.4) is 0 Å². The Labute approximate surface area is 172 Å². The lowest BCUT2D eigenvalue weighted by atomic mass is 10.1. The third kappa shape index (κ3) is 4.52. The maximum absolute atomic E-state index is 12.6. The molecule has 0 fully saturated rings. The molecule has 0 aliphatic heterocycles. The fourth-order valence-electron chi connectivity index (χ4n) is 2.79. The number of thiophene rings is 1. The molecular formula is C21H20ClN3O2S. The fourth-order valence-corrected chi connectivity index (χ4v) is 3.58. The Morgan fingerprint density at radius 1 is 1.00 bits per heavy atom. The summed E-state index contributed by atoms with van der Waals surface area (Å²) in [5.41, 5.74) is 3.64. The Morgan fingerprint density at radius 3 is 2.43 bits per heavy atom. The first-order chi connectivity index (χ1) is 13.3. The van der Waals surface area contributed by atoms with Gasteiger partial charge in [-0.15, -0.1) is 11.3 Å². The van der Waals surface area contributed by atoms with Gasteiger partial charge in [0.05, 0.1) is 15.6 Å². The van der Waals surface area contributed by atoms with E-state index in [1.807, 2.05) is 49.5 Å². The van der Waals surface area contributed by atoms with Gasteiger partial charge >= 0.3 is 0 Å². The standard InChI is InChI=1S/C21H20ClN3O2S/c1-13-11-15(7-9-18(13)25(2)3)23-20(26)14-6-8-16(22)17(12-14)24-21(27)19-5-4-10-28-19/h4-12H,1-3H3,(H,23,26)(H,24,27). The molecule has 0 radical (unpaired) electrons. The van der Waals surface area contributed by atoms with Crippen LogP contribution in [-0.2, 0) is 0 Å². The first-order valence-corrected chi connectivity index (χ1v) is 9.84. The third-order valence-electron chi connectivity index (χ3n) is 4.16. The van der Waals surface area contributed by atoms with Gasteiger partial charge in [-0.3, -0.25) is 9.59 Å². The van der Waals surface area contributed by atoms with Gasteiger partial charge in [0.1, 0.15) is 0 Å². The highest BCUT2D eigenvalue weighted by Crippen LogP contribution is 2.26. The van der Waals surface area contributed by atoms with E-state index in [1.165, 1.54) is 11.3 Å². The lowest BCUT2D eigenvalue weighted by Gasteiger charge is -2.16. The Kier molecular flexibility index (Phi) is 6.02. The molecule has 1 aromatic heterocycles. The van der Waals surface area contributed by atoms with Crippen LogP contribution < -0.4 is 15.5 Å². The van der Waals surface area contributed by atoms with E-state index < -0.39 is 0 Å². The van der Waals surface area contributed by atoms with Crippen molar-refractivity contribution in [3.8, 4) is 0 Å². The van der Waals surface area contributed by atoms with Crippen LogP contribution in [0, 0.1) is 6.92 Å². The Balaban J connectivity index is 1.77. The van der Waals surface area contributed by atoms with Crippen molar-refractivity contribution >= 4 is 51.8 Å². The summed E-state index contributed by atoms with van der Waals surface area (Å²) in [6.45, 7) is 1.99. The first-order valence-electron chi connectivity index (χ1n) is 8.59. The fraction of sp³-hybridized carbons (Fsp3) is 0.143. The number of anilines is 3. The van der Waals surface area contributed by atoms with Crippen LogP contribution in [0.2, 0.25) is 5.02 Å². The molecule has 1 heterocycles. The minimum absolute atomic E-state index is 0.260. The maximum Gasteiger partial charge on any atom is 0.265 e. The van der Waals surface area contributed by atoms with Crippen molar-refractivity contribution in [3.63, 3.8) is 0 Å². The highest BCUT2D eigenvalue weighted by molar-refractivity contribution is 7.12. The smallest absolute Gasteiger partial charge is 0.265 e. The molecule has 0 unspecified atom stereocenters. The van der Waals surface area contributed by atoms with Gasteiger partial charge in [-0.1, -0.05) is 17.7 Å². The molecule has 3 rings (SSSR count). The van der Waals surface area contributed by atoms with Crippen molar-refractivity contribution in [2.45, 2.75) is 6.92 Å². The quantitative estimate of drug-likeness (QED) is 0.598. The Hall–Kier alpha value is -2.83. The SMILES string of the molecule is Cc1cc(NC(=O)c2ccc(Cl)c(NC(=O)c3cccs3)c2)ccc1N(C)C. The summed E-state index contributed by atoms with van der Waals surface area (Å²) >= 11 is 7.52. The number of nitrogens with one attached hydrogen (secondary N) is 2. The number of rotatable bonds is 5. The maximum atomic E-state index is 12.6. The van der Waals surface area contributed by atoms with Crippen molar-refractivity contribution in [2.24, 2.45) is 0 Å². The van der Waals surface area contributed by atoms with E-state index in [0.29, 0.717) is 26.8 Å². The second-order valence-corrected chi connectivity index (χ2v) is 7.83. The molecule has 2 amide bonds. The van der Waals surface area contributed by atoms with E-state index in [4.69, 9.17) is 11.6 Å². The van der Waals surface area contributed by atoms with Gasteiger partial charge in [0.25, 0.3) is 11.8 Å². The summed E-state index contributed by atoms with van der Waals surface area (Å²) in [5, 5.41) is 7.83. The summed E-state index contributed by atoms with van der Waals surface area (Å²) in [5.74, 6) is -0.537. The molecule has 5 nitrogen and oxygen atoms in total. The monoisotopic (exact) mass is 413 g/mol. The van der Waals surface area contributed by atoms with Gasteiger partial charge < -0.3 is 15.5 Å². The highest BCUT2D eigenvalue weighted by Gasteiger charge is 2.13. The third-order valence-corrected chi connectivity index (χ3v) is 5.36. The van der Waals surface area contributed by atoms with Crippen LogP contribution >= 0.6 is 22.9 Å². The molecule has 0 aliphatic rings. The lowest BCUT2D eigenvalue weighted by Crippen LogP contribution is -2.15. The molecule has 28 heavy (non-hydrogen) atoms. The number of halogens is 1. The molecule has 0 bridgehead atoms. The molecule has 0 saturated carbocycles. The first kappa shape index (κ1) is 19.9. The van der Waals surface area contributed by atoms with Crippen LogP contribution in [0.1, 0.15) is 25.6 Å². The van der Waals surface area contributed by atoms with Crippen LogP contribution in [0.25, 0.3) is 0 Å². The predicted octanol–water partition coefficient (Wildman–Crippen LogP) is 5.28. The van der Waals surface area contributed by atoms with Crippen molar-refractivity contribution in [3.05, 3.63) is 74.9 Å². The van der Waals surface area contributed by atoms with Gasteiger partial charge in [-0.2, -0.15) is 0 Å². The summed E-state index contributed by atoms with van der Waals surface area (Å²) in [6.07, 6.45) is 0. The average molecular weight is 414 g/mol. The second kappa shape index (κ2) is 8.46. The van der Waals surface area contributed by atoms with E-state index in [9.17, 15) is 9.59 Å². The number of carbonyl (C=O) groups excluding carboxylic acids is 2. The van der Waals surface area contributed by atoms with Crippen molar-refractivity contribution in [1.82, 2.24) is 0 Å². The summed E-state index contributed by atoms with van der Waals surface area (Å²) in [7, 11) is 3.95. The average Bonchev–Trinajstić information content (AvgIpc) is 3.18. The van der Waals surface area contributed by atoms with E-state index in [0.717, 1.165) is 11.3 Å². The van der Waals surface area contributed by atoms with Crippen molar-refractivity contribution in [2.75, 3.05) is 29.6 Å². The Morgan fingerprint density at radius 2 is 1.79 bits per heavy atom. The number of amides is 2. The summed E-state index contributed by atoms with van der Waals surface area (Å²) < 4.78 is 0. The number of aryl methyl sites for hydroxylation is 1. The number of carbonyl (C=O) groups is 2. The number of hydrogen-bond donors (Lipinski definition) is 2. The largest absolute Gasteiger partial charge is 0.377 e. The van der Waals surface area contributed by atoms with Crippen LogP contribution in [0.15, 0.2) is 53.9 Å². The predicted molar refractivity (Wildman–Crippen MR) is 117 cm³/mol. The topological polar surface area (TPSA) is 61.4 Å². The van der Waals surface area contributed by atoms with Gasteiger partial charge in [-0.25, -0.2) is 0 Å². The minimum Gasteiger partial charge on any atom is -0.377 e. The zero-order chi connectivity index (χ0) is 20.3. The van der Waals surface area contributed by atoms with Crippen molar-refractivity contribution < 1.29 is 9.59 Å². The number of benzene rings is 2. The van der Waals surface area contributed by atoms with Gasteiger partial charge in [0.2, 0.25) is 0 Å². The van der Waals surface area contributed by atoms with E-state index in [-0.39, 0.29) is 11.8 Å². The van der Waals surface area contributed by atoms with E-state index in [2.05, 4.69) is 10.6 Å². The van der Waals surface area contributed by atoms with Crippen LogP contribution in [0.5, 0.6) is 0 Å². The summed E-state index contributed by atoms with van der Waals surface area (Å²) in [6, 6.07) is 14.1. The zero-order valence-corrected chi connectivity index (χ0v) is 17.3. The van der Waals surface area contributed by atoms with Crippen molar-refractivity contribution in [1.29, 1.82) is 0 Å². The van der Waals surface area contributed by atoms with Gasteiger partial charge in [0, 0.05) is 31.0 Å². The van der Waals surface area contributed by atoms with Gasteiger partial charge in [0.15, 0.2) is 0 Å². The van der Waals surface area contributed by atoms with Gasteiger partial charge in [-0.05, 0) is 60.3 Å². The normalized spacial score (nSPS) is 10.4. The Bertz CT molecular complexity index is 1020. The molecule has 0 atom stereocenters. The lowest BCUT2D eigenvalue weighted by molar-refractivity contribution is 0.101. The highest BCUT2D eigenvalue weighted by atomic mass is 35.5. The molecular weight excluding hydrogens is 394 g/mol. The minimum atomic E-state index is -0.278. The van der Waals surface area contributed by atoms with Crippen LogP contribution in [0.4, 0.5) is 17.1 Å². The number of nitrogens with zero attached hydrogens (tertiary/aromatic N) is 1. The van der Waals surface area contributed by atoms with Crippen LogP contribution in [-0.4, -0.2) is 25.9 Å². The zero-order valence-electron chi connectivity index (χ0n) is 15.7. The molecule has 2 N–H and O–H groups in total. The molecule has 7 heteroatoms. The number of hydrogen-bond acceptors (Lipinski definition) is 4. The molecule has 144 valence electrons. The second-order valence-electron chi connectivity index (χ2n) is 6.48. The van der Waals surface area contributed by atoms with E-state index in [1.54, 1.807) is 30.3 Å². The molecule has 2 aromatic carbocycles. The molecule has 3 aromatic rings.